The van der Waals surface area contributed by atoms with Gasteiger partial charge in [-0.15, -0.1) is 11.3 Å². The molecule has 0 aliphatic carbocycles. The molecular formula is C15H22ClN3O2S2. The van der Waals surface area contributed by atoms with E-state index in [-0.39, 0.29) is 10.4 Å². The van der Waals surface area contributed by atoms with Gasteiger partial charge in [-0.05, 0) is 53.2 Å². The third-order valence-electron chi connectivity index (χ3n) is 3.42. The Kier molecular flexibility index (Phi) is 5.25. The molecule has 0 saturated carbocycles. The van der Waals surface area contributed by atoms with Crippen molar-refractivity contribution in [3.8, 4) is 0 Å². The summed E-state index contributed by atoms with van der Waals surface area (Å²) in [5, 5.41) is 4.40. The van der Waals surface area contributed by atoms with Crippen LogP contribution in [0.15, 0.2) is 17.0 Å². The van der Waals surface area contributed by atoms with Gasteiger partial charge in [0.15, 0.2) is 0 Å². The molecule has 0 saturated heterocycles. The molecule has 0 atom stereocenters. The minimum atomic E-state index is -3.59. The summed E-state index contributed by atoms with van der Waals surface area (Å²) in [4.78, 5) is 1.33. The fourth-order valence-corrected chi connectivity index (χ4v) is 5.04. The second kappa shape index (κ2) is 6.55. The van der Waals surface area contributed by atoms with Crippen LogP contribution < -0.4 is 4.72 Å². The summed E-state index contributed by atoms with van der Waals surface area (Å²) in [6.07, 6.45) is 0.613. The minimum Gasteiger partial charge on any atom is -0.263 e. The number of aryl methyl sites for hydroxylation is 1. The molecule has 2 heterocycles. The van der Waals surface area contributed by atoms with Crippen LogP contribution in [0.1, 0.15) is 37.0 Å². The maximum Gasteiger partial charge on any atom is 0.244 e. The van der Waals surface area contributed by atoms with E-state index >= 15 is 0 Å². The van der Waals surface area contributed by atoms with Crippen molar-refractivity contribution < 1.29 is 8.42 Å². The molecule has 2 aromatic heterocycles. The molecule has 2 aromatic rings. The molecule has 128 valence electrons. The quantitative estimate of drug-likeness (QED) is 0.869. The zero-order chi connectivity index (χ0) is 17.4. The molecular weight excluding hydrogens is 354 g/mol. The topological polar surface area (TPSA) is 64.0 Å². The summed E-state index contributed by atoms with van der Waals surface area (Å²) in [6, 6.07) is 3.73. The van der Waals surface area contributed by atoms with Gasteiger partial charge in [-0.1, -0.05) is 11.6 Å². The Morgan fingerprint density at radius 2 is 1.96 bits per heavy atom. The Morgan fingerprint density at radius 1 is 1.30 bits per heavy atom. The Hall–Kier alpha value is -0.890. The predicted molar refractivity (Wildman–Crippen MR) is 94.9 cm³/mol. The number of halogens is 1. The Bertz CT molecular complexity index is 801. The molecule has 0 bridgehead atoms. The van der Waals surface area contributed by atoms with Crippen LogP contribution in [0.4, 0.5) is 0 Å². The van der Waals surface area contributed by atoms with Gasteiger partial charge < -0.3 is 0 Å². The van der Waals surface area contributed by atoms with Crippen LogP contribution in [0.25, 0.3) is 0 Å². The van der Waals surface area contributed by atoms with Gasteiger partial charge in [0.2, 0.25) is 10.0 Å². The zero-order valence-electron chi connectivity index (χ0n) is 14.0. The molecule has 2 rings (SSSR count). The lowest BCUT2D eigenvalue weighted by atomic mass is 10.1. The number of nitrogens with zero attached hydrogens (tertiary/aromatic N) is 2. The molecule has 0 amide bonds. The summed E-state index contributed by atoms with van der Waals surface area (Å²) < 4.78 is 30.4. The predicted octanol–water partition coefficient (Wildman–Crippen LogP) is 3.49. The van der Waals surface area contributed by atoms with Crippen molar-refractivity contribution in [3.63, 3.8) is 0 Å². The fourth-order valence-electron chi connectivity index (χ4n) is 2.54. The molecule has 0 aromatic carbocycles. The van der Waals surface area contributed by atoms with Gasteiger partial charge >= 0.3 is 0 Å². The molecule has 0 spiro atoms. The zero-order valence-corrected chi connectivity index (χ0v) is 16.4. The van der Waals surface area contributed by atoms with Crippen molar-refractivity contribution >= 4 is 33.0 Å². The van der Waals surface area contributed by atoms with Gasteiger partial charge in [0, 0.05) is 11.4 Å². The monoisotopic (exact) mass is 375 g/mol. The van der Waals surface area contributed by atoms with Crippen LogP contribution in [0.5, 0.6) is 0 Å². The number of rotatable bonds is 5. The maximum absolute atomic E-state index is 12.6. The van der Waals surface area contributed by atoms with Crippen LogP contribution in [0, 0.1) is 13.8 Å². The van der Waals surface area contributed by atoms with E-state index in [4.69, 9.17) is 11.6 Å². The smallest absolute Gasteiger partial charge is 0.244 e. The highest BCUT2D eigenvalue weighted by atomic mass is 35.5. The number of sulfonamides is 1. The summed E-state index contributed by atoms with van der Waals surface area (Å²) >= 11 is 7.34. The molecule has 8 heteroatoms. The van der Waals surface area contributed by atoms with Crippen molar-refractivity contribution in [1.82, 2.24) is 14.5 Å². The minimum absolute atomic E-state index is 0.268. The first-order valence-electron chi connectivity index (χ1n) is 7.33. The van der Waals surface area contributed by atoms with E-state index in [2.05, 4.69) is 9.82 Å². The van der Waals surface area contributed by atoms with E-state index in [0.717, 1.165) is 4.88 Å². The Morgan fingerprint density at radius 3 is 2.43 bits per heavy atom. The second-order valence-electron chi connectivity index (χ2n) is 6.44. The standard InChI is InChI=1S/C15H22ClN3O2S2/c1-10-14(11(2)19(18-10)15(3,4)5)23(20,21)17-9-8-12-6-7-13(16)22-12/h6-7,17H,8-9H2,1-5H3. The first kappa shape index (κ1) is 18.4. The molecule has 0 aliphatic rings. The van der Waals surface area contributed by atoms with Crippen LogP contribution in [-0.2, 0) is 22.0 Å². The SMILES string of the molecule is Cc1nn(C(C)(C)C)c(C)c1S(=O)(=O)NCCc1ccc(Cl)s1. The Labute approximate surface area is 146 Å². The molecule has 0 unspecified atom stereocenters. The van der Waals surface area contributed by atoms with Crippen LogP contribution in [-0.4, -0.2) is 24.7 Å². The summed E-state index contributed by atoms with van der Waals surface area (Å²) in [5.74, 6) is 0. The third-order valence-corrected chi connectivity index (χ3v) is 6.42. The van der Waals surface area contributed by atoms with E-state index in [9.17, 15) is 8.42 Å². The molecule has 0 fully saturated rings. The highest BCUT2D eigenvalue weighted by Gasteiger charge is 2.28. The largest absolute Gasteiger partial charge is 0.263 e. The van der Waals surface area contributed by atoms with Crippen molar-refractivity contribution in [2.24, 2.45) is 0 Å². The van der Waals surface area contributed by atoms with Crippen molar-refractivity contribution in [2.45, 2.75) is 51.5 Å². The van der Waals surface area contributed by atoms with E-state index in [0.29, 0.717) is 28.7 Å². The van der Waals surface area contributed by atoms with E-state index in [1.165, 1.54) is 11.3 Å². The molecule has 23 heavy (non-hydrogen) atoms. The molecule has 1 N–H and O–H groups in total. The molecule has 0 radical (unpaired) electrons. The number of thiophene rings is 1. The highest BCUT2D eigenvalue weighted by molar-refractivity contribution is 7.89. The van der Waals surface area contributed by atoms with Gasteiger partial charge in [-0.2, -0.15) is 5.10 Å². The van der Waals surface area contributed by atoms with Crippen LogP contribution >= 0.6 is 22.9 Å². The van der Waals surface area contributed by atoms with Gasteiger partial charge in [0.05, 0.1) is 21.3 Å². The lowest BCUT2D eigenvalue weighted by molar-refractivity contribution is 0.345. The van der Waals surface area contributed by atoms with E-state index in [1.807, 2.05) is 32.9 Å². The molecule has 0 aliphatic heterocycles. The fraction of sp³-hybridized carbons (Fsp3) is 0.533. The second-order valence-corrected chi connectivity index (χ2v) is 9.94. The highest BCUT2D eigenvalue weighted by Crippen LogP contribution is 2.25. The molecule has 5 nitrogen and oxygen atoms in total. The van der Waals surface area contributed by atoms with Gasteiger partial charge in [0.1, 0.15) is 4.90 Å². The van der Waals surface area contributed by atoms with Crippen molar-refractivity contribution in [2.75, 3.05) is 6.54 Å². The van der Waals surface area contributed by atoms with E-state index < -0.39 is 10.0 Å². The lowest BCUT2D eigenvalue weighted by Crippen LogP contribution is -2.28. The van der Waals surface area contributed by atoms with E-state index in [1.54, 1.807) is 18.5 Å². The number of aromatic nitrogens is 2. The van der Waals surface area contributed by atoms with Crippen LogP contribution in [0.3, 0.4) is 0 Å². The Balaban J connectivity index is 2.18. The first-order chi connectivity index (χ1) is 10.5. The first-order valence-corrected chi connectivity index (χ1v) is 10.0. The van der Waals surface area contributed by atoms with Crippen molar-refractivity contribution in [1.29, 1.82) is 0 Å². The summed E-state index contributed by atoms with van der Waals surface area (Å²) in [6.45, 7) is 9.84. The normalized spacial score (nSPS) is 12.8. The van der Waals surface area contributed by atoms with Crippen LogP contribution in [0.2, 0.25) is 4.34 Å². The lowest BCUT2D eigenvalue weighted by Gasteiger charge is -2.21. The van der Waals surface area contributed by atoms with Gasteiger partial charge in [0.25, 0.3) is 0 Å². The van der Waals surface area contributed by atoms with Gasteiger partial charge in [-0.3, -0.25) is 4.68 Å². The average Bonchev–Trinajstić information content (AvgIpc) is 2.92. The maximum atomic E-state index is 12.6. The number of hydrogen-bond acceptors (Lipinski definition) is 4. The van der Waals surface area contributed by atoms with Crippen molar-refractivity contribution in [3.05, 3.63) is 32.7 Å². The summed E-state index contributed by atoms with van der Waals surface area (Å²) in [7, 11) is -3.59. The number of nitrogens with one attached hydrogen (secondary N) is 1. The average molecular weight is 376 g/mol. The van der Waals surface area contributed by atoms with Gasteiger partial charge in [-0.25, -0.2) is 13.1 Å². The number of hydrogen-bond donors (Lipinski definition) is 1. The summed E-state index contributed by atoms with van der Waals surface area (Å²) in [5.41, 5.74) is 0.904. The third kappa shape index (κ3) is 4.15.